The Morgan fingerprint density at radius 2 is 1.91 bits per heavy atom. The van der Waals surface area contributed by atoms with E-state index in [0.717, 1.165) is 24.8 Å². The normalized spacial score (nSPS) is 14.4. The van der Waals surface area contributed by atoms with Crippen molar-refractivity contribution in [2.75, 3.05) is 6.79 Å². The number of fused-ring (bicyclic) bond motifs is 2. The summed E-state index contributed by atoms with van der Waals surface area (Å²) in [6, 6.07) is 15.7. The van der Waals surface area contributed by atoms with Gasteiger partial charge in [0.15, 0.2) is 17.1 Å². The fourth-order valence-corrected chi connectivity index (χ4v) is 4.54. The maximum atomic E-state index is 12.9. The monoisotopic (exact) mass is 460 g/mol. The molecule has 4 aromatic rings. The molecule has 0 aliphatic carbocycles. The maximum absolute atomic E-state index is 12.9. The van der Waals surface area contributed by atoms with Gasteiger partial charge in [0.05, 0.1) is 17.8 Å². The summed E-state index contributed by atoms with van der Waals surface area (Å²) in [7, 11) is 0. The maximum Gasteiger partial charge on any atom is 0.262 e. The fraction of sp³-hybridized carbons (Fsp3) is 0.346. The zero-order valence-corrected chi connectivity index (χ0v) is 19.3. The molecular weight excluding hydrogens is 432 g/mol. The van der Waals surface area contributed by atoms with Crippen molar-refractivity contribution in [1.82, 2.24) is 19.7 Å². The molecule has 8 nitrogen and oxygen atoms in total. The summed E-state index contributed by atoms with van der Waals surface area (Å²) in [5.41, 5.74) is 3.09. The van der Waals surface area contributed by atoms with Crippen molar-refractivity contribution in [2.24, 2.45) is 0 Å². The van der Waals surface area contributed by atoms with Crippen LogP contribution < -0.4 is 15.0 Å². The van der Waals surface area contributed by atoms with E-state index < -0.39 is 6.10 Å². The molecule has 0 spiro atoms. The topological polar surface area (TPSA) is 102 Å². The van der Waals surface area contributed by atoms with Crippen molar-refractivity contribution in [3.05, 3.63) is 81.5 Å². The Morgan fingerprint density at radius 1 is 1.12 bits per heavy atom. The quantitative estimate of drug-likeness (QED) is 0.416. The zero-order chi connectivity index (χ0) is 23.7. The third-order valence-corrected chi connectivity index (χ3v) is 6.27. The number of nitrogens with one attached hydrogen (secondary N) is 1. The van der Waals surface area contributed by atoms with E-state index in [1.807, 2.05) is 36.4 Å². The third kappa shape index (κ3) is 4.41. The number of H-pyrrole nitrogens is 1. The number of aromatic nitrogens is 4. The van der Waals surface area contributed by atoms with Gasteiger partial charge in [0.25, 0.3) is 5.56 Å². The SMILES string of the molecule is Cc1nn(C(CCCc2ccccc2)C(C)O)c2nc(Cc3ccc4c(c3)OCO4)[nH]c(=O)c12. The molecule has 3 heterocycles. The molecule has 176 valence electrons. The van der Waals surface area contributed by atoms with Crippen molar-refractivity contribution < 1.29 is 14.6 Å². The molecule has 0 saturated heterocycles. The largest absolute Gasteiger partial charge is 0.454 e. The zero-order valence-electron chi connectivity index (χ0n) is 19.3. The molecule has 0 amide bonds. The molecule has 2 aromatic carbocycles. The van der Waals surface area contributed by atoms with Crippen LogP contribution in [0.4, 0.5) is 0 Å². The molecule has 0 fully saturated rings. The van der Waals surface area contributed by atoms with Gasteiger partial charge < -0.3 is 19.6 Å². The summed E-state index contributed by atoms with van der Waals surface area (Å²) in [4.78, 5) is 20.6. The van der Waals surface area contributed by atoms with Crippen molar-refractivity contribution in [1.29, 1.82) is 0 Å². The van der Waals surface area contributed by atoms with Gasteiger partial charge in [0.2, 0.25) is 6.79 Å². The summed E-state index contributed by atoms with van der Waals surface area (Å²) >= 11 is 0. The molecule has 2 aromatic heterocycles. The minimum Gasteiger partial charge on any atom is -0.454 e. The van der Waals surface area contributed by atoms with E-state index in [9.17, 15) is 9.90 Å². The number of hydrogen-bond donors (Lipinski definition) is 2. The second-order valence-corrected chi connectivity index (χ2v) is 8.79. The molecule has 0 saturated carbocycles. The molecule has 2 N–H and O–H groups in total. The van der Waals surface area contributed by atoms with Gasteiger partial charge in [0, 0.05) is 6.42 Å². The van der Waals surface area contributed by atoms with Crippen LogP contribution in [0.3, 0.4) is 0 Å². The Bertz CT molecular complexity index is 1360. The molecule has 2 atom stereocenters. The Balaban J connectivity index is 1.44. The number of hydrogen-bond acceptors (Lipinski definition) is 6. The van der Waals surface area contributed by atoms with Crippen LogP contribution in [0, 0.1) is 6.92 Å². The number of benzene rings is 2. The van der Waals surface area contributed by atoms with Gasteiger partial charge in [-0.25, -0.2) is 9.67 Å². The molecule has 1 aliphatic rings. The first kappa shape index (κ1) is 22.2. The van der Waals surface area contributed by atoms with E-state index in [1.165, 1.54) is 5.56 Å². The van der Waals surface area contributed by atoms with E-state index in [4.69, 9.17) is 14.5 Å². The lowest BCUT2D eigenvalue weighted by molar-refractivity contribution is 0.118. The summed E-state index contributed by atoms with van der Waals surface area (Å²) in [6.07, 6.45) is 2.30. The molecule has 2 unspecified atom stereocenters. The standard InChI is InChI=1S/C26H28N4O4/c1-16-24-25(30(29-16)20(17(2)31)10-6-9-18-7-4-3-5-8-18)27-23(28-26(24)32)14-19-11-12-21-22(13-19)34-15-33-21/h3-5,7-8,11-13,17,20,31H,6,9-10,14-15H2,1-2H3,(H,27,28,32). The minimum atomic E-state index is -0.642. The average Bonchev–Trinajstić information content (AvgIpc) is 3.41. The lowest BCUT2D eigenvalue weighted by Crippen LogP contribution is -2.24. The Kier molecular flexibility index (Phi) is 6.06. The van der Waals surface area contributed by atoms with Gasteiger partial charge in [-0.05, 0) is 56.4 Å². The van der Waals surface area contributed by atoms with Crippen LogP contribution in [-0.4, -0.2) is 37.8 Å². The number of aryl methyl sites for hydroxylation is 2. The molecule has 8 heteroatoms. The fourth-order valence-electron chi connectivity index (χ4n) is 4.54. The van der Waals surface area contributed by atoms with Crippen LogP contribution in [-0.2, 0) is 12.8 Å². The summed E-state index contributed by atoms with van der Waals surface area (Å²) < 4.78 is 12.6. The second kappa shape index (κ2) is 9.30. The van der Waals surface area contributed by atoms with Crippen molar-refractivity contribution >= 4 is 11.0 Å². The van der Waals surface area contributed by atoms with Gasteiger partial charge >= 0.3 is 0 Å². The number of aliphatic hydroxyl groups excluding tert-OH is 1. The number of ether oxygens (including phenoxy) is 2. The van der Waals surface area contributed by atoms with Crippen LogP contribution >= 0.6 is 0 Å². The molecule has 0 radical (unpaired) electrons. The Morgan fingerprint density at radius 3 is 2.71 bits per heavy atom. The lowest BCUT2D eigenvalue weighted by atomic mass is 10.0. The number of aliphatic hydroxyl groups is 1. The van der Waals surface area contributed by atoms with Gasteiger partial charge in [0.1, 0.15) is 11.2 Å². The molecule has 34 heavy (non-hydrogen) atoms. The van der Waals surface area contributed by atoms with E-state index in [2.05, 4.69) is 22.2 Å². The van der Waals surface area contributed by atoms with E-state index >= 15 is 0 Å². The highest BCUT2D eigenvalue weighted by molar-refractivity contribution is 5.77. The first-order chi connectivity index (χ1) is 16.5. The minimum absolute atomic E-state index is 0.212. The third-order valence-electron chi connectivity index (χ3n) is 6.27. The van der Waals surface area contributed by atoms with Crippen molar-refractivity contribution in [3.63, 3.8) is 0 Å². The van der Waals surface area contributed by atoms with Gasteiger partial charge in [-0.3, -0.25) is 4.79 Å². The van der Waals surface area contributed by atoms with Crippen LogP contribution in [0.2, 0.25) is 0 Å². The van der Waals surface area contributed by atoms with Crippen molar-refractivity contribution in [3.8, 4) is 11.5 Å². The second-order valence-electron chi connectivity index (χ2n) is 8.79. The predicted octanol–water partition coefficient (Wildman–Crippen LogP) is 3.69. The highest BCUT2D eigenvalue weighted by Gasteiger charge is 2.24. The van der Waals surface area contributed by atoms with Crippen molar-refractivity contribution in [2.45, 2.75) is 51.7 Å². The Labute approximate surface area is 197 Å². The highest BCUT2D eigenvalue weighted by Crippen LogP contribution is 2.33. The Hall–Kier alpha value is -3.65. The van der Waals surface area contributed by atoms with E-state index in [1.54, 1.807) is 18.5 Å². The van der Waals surface area contributed by atoms with E-state index in [-0.39, 0.29) is 18.4 Å². The first-order valence-electron chi connectivity index (χ1n) is 11.6. The highest BCUT2D eigenvalue weighted by atomic mass is 16.7. The lowest BCUT2D eigenvalue weighted by Gasteiger charge is -2.21. The molecule has 0 bridgehead atoms. The number of aromatic amines is 1. The summed E-state index contributed by atoms with van der Waals surface area (Å²) in [5.74, 6) is 1.94. The van der Waals surface area contributed by atoms with Crippen LogP contribution in [0.15, 0.2) is 53.3 Å². The number of rotatable bonds is 8. The molecule has 1 aliphatic heterocycles. The van der Waals surface area contributed by atoms with Gasteiger partial charge in [-0.15, -0.1) is 0 Å². The summed E-state index contributed by atoms with van der Waals surface area (Å²) in [5, 5.41) is 15.7. The van der Waals surface area contributed by atoms with Gasteiger partial charge in [-0.2, -0.15) is 5.10 Å². The van der Waals surface area contributed by atoms with Crippen LogP contribution in [0.1, 0.15) is 48.5 Å². The van der Waals surface area contributed by atoms with E-state index in [0.29, 0.717) is 40.5 Å². The smallest absolute Gasteiger partial charge is 0.262 e. The first-order valence-corrected chi connectivity index (χ1v) is 11.6. The molecule has 5 rings (SSSR count). The predicted molar refractivity (Wildman–Crippen MR) is 128 cm³/mol. The average molecular weight is 461 g/mol. The number of nitrogens with zero attached hydrogens (tertiary/aromatic N) is 3. The molecular formula is C26H28N4O4. The summed E-state index contributed by atoms with van der Waals surface area (Å²) in [6.45, 7) is 3.77. The van der Waals surface area contributed by atoms with Crippen LogP contribution in [0.25, 0.3) is 11.0 Å². The van der Waals surface area contributed by atoms with Crippen LogP contribution in [0.5, 0.6) is 11.5 Å². The van der Waals surface area contributed by atoms with Gasteiger partial charge in [-0.1, -0.05) is 36.4 Å².